The largest absolute Gasteiger partial charge is 0.507 e. The van der Waals surface area contributed by atoms with E-state index in [0.29, 0.717) is 10.6 Å². The van der Waals surface area contributed by atoms with Crippen molar-refractivity contribution in [1.82, 2.24) is 0 Å². The molecule has 4 rings (SSSR count). The first kappa shape index (κ1) is 21.5. The van der Waals surface area contributed by atoms with Crippen molar-refractivity contribution in [1.29, 1.82) is 0 Å². The van der Waals surface area contributed by atoms with E-state index >= 15 is 0 Å². The van der Waals surface area contributed by atoms with Crippen molar-refractivity contribution in [2.24, 2.45) is 0 Å². The van der Waals surface area contributed by atoms with Crippen molar-refractivity contribution >= 4 is 61.5 Å². The normalized spacial score (nSPS) is 11.6. The van der Waals surface area contributed by atoms with Gasteiger partial charge in [-0.3, -0.25) is 9.52 Å². The summed E-state index contributed by atoms with van der Waals surface area (Å²) in [4.78, 5) is 12.4. The number of anilines is 1. The van der Waals surface area contributed by atoms with Crippen LogP contribution in [0, 0.1) is 0 Å². The molecule has 0 aliphatic heterocycles. The van der Waals surface area contributed by atoms with Crippen LogP contribution in [0.2, 0.25) is 15.1 Å². The van der Waals surface area contributed by atoms with E-state index in [1.807, 2.05) is 0 Å². The topological polar surface area (TPSA) is 96.6 Å². The predicted molar refractivity (Wildman–Crippen MR) is 122 cm³/mol. The first-order valence-electron chi connectivity index (χ1n) is 8.70. The van der Waals surface area contributed by atoms with Gasteiger partial charge in [0.1, 0.15) is 21.8 Å². The van der Waals surface area contributed by atoms with E-state index in [0.717, 1.165) is 0 Å². The second-order valence-corrected chi connectivity index (χ2v) is 9.29. The standard InChI is InChI=1S/C21H12Cl3NO5S/c22-12-5-2-1-4-11(12)18-10-17(27)19-16(26)9-8-15(20(19)30-18)25-31(28,29)21-13(23)6-3-7-14(21)24/h1-10,25-26H. The lowest BCUT2D eigenvalue weighted by Crippen LogP contribution is -2.15. The SMILES string of the molecule is O=c1cc(-c2ccccc2Cl)oc2c(NS(=O)(=O)c3c(Cl)cccc3Cl)ccc(O)c12. The van der Waals surface area contributed by atoms with Gasteiger partial charge in [-0.1, -0.05) is 53.0 Å². The van der Waals surface area contributed by atoms with Crippen molar-refractivity contribution in [2.45, 2.75) is 4.90 Å². The highest BCUT2D eigenvalue weighted by Crippen LogP contribution is 2.36. The minimum atomic E-state index is -4.26. The van der Waals surface area contributed by atoms with Crippen LogP contribution in [0.25, 0.3) is 22.3 Å². The van der Waals surface area contributed by atoms with Crippen molar-refractivity contribution in [3.8, 4) is 17.1 Å². The molecule has 0 radical (unpaired) electrons. The van der Waals surface area contributed by atoms with Crippen LogP contribution in [0.4, 0.5) is 5.69 Å². The highest BCUT2D eigenvalue weighted by molar-refractivity contribution is 7.93. The van der Waals surface area contributed by atoms with Crippen LogP contribution >= 0.6 is 34.8 Å². The molecule has 10 heteroatoms. The molecule has 4 aromatic rings. The van der Waals surface area contributed by atoms with E-state index in [1.54, 1.807) is 24.3 Å². The number of nitrogens with one attached hydrogen (secondary N) is 1. The van der Waals surface area contributed by atoms with Gasteiger partial charge in [0.2, 0.25) is 0 Å². The maximum absolute atomic E-state index is 13.0. The number of sulfonamides is 1. The summed E-state index contributed by atoms with van der Waals surface area (Å²) in [5.41, 5.74) is -0.413. The van der Waals surface area contributed by atoms with Gasteiger partial charge in [-0.15, -0.1) is 0 Å². The zero-order chi connectivity index (χ0) is 22.3. The summed E-state index contributed by atoms with van der Waals surface area (Å²) in [6.45, 7) is 0. The fourth-order valence-corrected chi connectivity index (χ4v) is 5.49. The van der Waals surface area contributed by atoms with Crippen LogP contribution in [0.1, 0.15) is 0 Å². The molecule has 2 N–H and O–H groups in total. The molecule has 0 saturated heterocycles. The van der Waals surface area contributed by atoms with Gasteiger partial charge in [-0.2, -0.15) is 0 Å². The van der Waals surface area contributed by atoms with Gasteiger partial charge in [0.15, 0.2) is 11.0 Å². The van der Waals surface area contributed by atoms with Crippen LogP contribution in [0.3, 0.4) is 0 Å². The Balaban J connectivity index is 1.94. The Morgan fingerprint density at radius 1 is 0.871 bits per heavy atom. The van der Waals surface area contributed by atoms with Crippen LogP contribution in [-0.4, -0.2) is 13.5 Å². The Bertz CT molecular complexity index is 1480. The lowest BCUT2D eigenvalue weighted by molar-refractivity contribution is 0.480. The molecule has 0 spiro atoms. The number of benzene rings is 3. The van der Waals surface area contributed by atoms with Gasteiger partial charge < -0.3 is 9.52 Å². The monoisotopic (exact) mass is 495 g/mol. The summed E-state index contributed by atoms with van der Waals surface area (Å²) >= 11 is 18.3. The van der Waals surface area contributed by atoms with Gasteiger partial charge in [0.05, 0.1) is 20.8 Å². The van der Waals surface area contributed by atoms with Gasteiger partial charge in [0, 0.05) is 11.6 Å². The van der Waals surface area contributed by atoms with E-state index in [1.165, 1.54) is 36.4 Å². The number of hydrogen-bond acceptors (Lipinski definition) is 5. The number of fused-ring (bicyclic) bond motifs is 1. The van der Waals surface area contributed by atoms with Crippen molar-refractivity contribution < 1.29 is 17.9 Å². The maximum atomic E-state index is 13.0. The fourth-order valence-electron chi connectivity index (χ4n) is 3.06. The second kappa shape index (κ2) is 8.09. The average Bonchev–Trinajstić information content (AvgIpc) is 2.69. The Labute approximate surface area is 191 Å². The molecule has 3 aromatic carbocycles. The Hall–Kier alpha value is -2.71. The van der Waals surface area contributed by atoms with Crippen molar-refractivity contribution in [3.63, 3.8) is 0 Å². The Morgan fingerprint density at radius 2 is 1.52 bits per heavy atom. The third-order valence-corrected chi connectivity index (χ3v) is 7.08. The number of aromatic hydroxyl groups is 1. The Kier molecular flexibility index (Phi) is 5.61. The summed E-state index contributed by atoms with van der Waals surface area (Å²) in [6, 6.07) is 14.6. The molecule has 6 nitrogen and oxygen atoms in total. The molecule has 0 saturated carbocycles. The van der Waals surface area contributed by atoms with Gasteiger partial charge in [0.25, 0.3) is 10.0 Å². The highest BCUT2D eigenvalue weighted by atomic mass is 35.5. The molecule has 0 bridgehead atoms. The van der Waals surface area contributed by atoms with Gasteiger partial charge >= 0.3 is 0 Å². The zero-order valence-electron chi connectivity index (χ0n) is 15.4. The fraction of sp³-hybridized carbons (Fsp3) is 0. The minimum absolute atomic E-state index is 0.0821. The number of phenols is 1. The van der Waals surface area contributed by atoms with Crippen LogP contribution in [-0.2, 0) is 10.0 Å². The minimum Gasteiger partial charge on any atom is -0.507 e. The number of phenolic OH excluding ortho intramolecular Hbond substituents is 1. The van der Waals surface area contributed by atoms with Crippen LogP contribution in [0.15, 0.2) is 74.8 Å². The summed E-state index contributed by atoms with van der Waals surface area (Å²) in [6.07, 6.45) is 0. The average molecular weight is 497 g/mol. The van der Waals surface area contributed by atoms with Gasteiger partial charge in [-0.05, 0) is 36.4 Å². The van der Waals surface area contributed by atoms with Crippen LogP contribution < -0.4 is 10.2 Å². The molecule has 0 aliphatic rings. The van der Waals surface area contributed by atoms with Crippen molar-refractivity contribution in [2.75, 3.05) is 4.72 Å². The lowest BCUT2D eigenvalue weighted by atomic mass is 10.1. The molecular weight excluding hydrogens is 485 g/mol. The Morgan fingerprint density at radius 3 is 2.19 bits per heavy atom. The van der Waals surface area contributed by atoms with Crippen molar-refractivity contribution in [3.05, 3.63) is 86.0 Å². The third-order valence-electron chi connectivity index (χ3n) is 4.43. The number of rotatable bonds is 4. The summed E-state index contributed by atoms with van der Waals surface area (Å²) in [7, 11) is -4.26. The first-order chi connectivity index (χ1) is 14.7. The molecule has 0 fully saturated rings. The molecule has 0 aliphatic carbocycles. The smallest absolute Gasteiger partial charge is 0.264 e. The van der Waals surface area contributed by atoms with E-state index < -0.39 is 15.5 Å². The van der Waals surface area contributed by atoms with Gasteiger partial charge in [-0.25, -0.2) is 8.42 Å². The molecule has 1 aromatic heterocycles. The summed E-state index contributed by atoms with van der Waals surface area (Å²) < 4.78 is 34.1. The predicted octanol–water partition coefficient (Wildman–Crippen LogP) is 5.93. The highest BCUT2D eigenvalue weighted by Gasteiger charge is 2.24. The summed E-state index contributed by atoms with van der Waals surface area (Å²) in [5, 5.41) is 10.2. The van der Waals surface area contributed by atoms with E-state index in [2.05, 4.69) is 4.72 Å². The molecule has 0 amide bonds. The van der Waals surface area contributed by atoms with Crippen LogP contribution in [0.5, 0.6) is 5.75 Å². The molecule has 31 heavy (non-hydrogen) atoms. The number of hydrogen-bond donors (Lipinski definition) is 2. The molecule has 1 heterocycles. The summed E-state index contributed by atoms with van der Waals surface area (Å²) in [5.74, 6) is -0.266. The van der Waals surface area contributed by atoms with E-state index in [9.17, 15) is 18.3 Å². The molecule has 158 valence electrons. The zero-order valence-corrected chi connectivity index (χ0v) is 18.5. The quantitative estimate of drug-likeness (QED) is 0.342. The molecule has 0 unspecified atom stereocenters. The first-order valence-corrected chi connectivity index (χ1v) is 11.3. The lowest BCUT2D eigenvalue weighted by Gasteiger charge is -2.13. The second-order valence-electron chi connectivity index (χ2n) is 6.45. The van der Waals surface area contributed by atoms with E-state index in [-0.39, 0.29) is 43.1 Å². The molecular formula is C21H12Cl3NO5S. The molecule has 0 atom stereocenters. The third kappa shape index (κ3) is 3.97. The maximum Gasteiger partial charge on any atom is 0.264 e. The number of halogens is 3. The van der Waals surface area contributed by atoms with E-state index in [4.69, 9.17) is 39.2 Å².